The van der Waals surface area contributed by atoms with E-state index >= 15 is 0 Å². The van der Waals surface area contributed by atoms with Crippen molar-refractivity contribution in [3.8, 4) is 0 Å². The monoisotopic (exact) mass is 620 g/mol. The van der Waals surface area contributed by atoms with Crippen LogP contribution in [-0.4, -0.2) is 82.6 Å². The lowest BCUT2D eigenvalue weighted by Crippen LogP contribution is -2.41. The largest absolute Gasteiger partial charge is 0.481 e. The molecule has 12 nitrogen and oxygen atoms in total. The van der Waals surface area contributed by atoms with E-state index in [4.69, 9.17) is 16.3 Å². The van der Waals surface area contributed by atoms with Crippen LogP contribution in [0.3, 0.4) is 0 Å². The van der Waals surface area contributed by atoms with Crippen molar-refractivity contribution in [2.45, 2.75) is 37.8 Å². The fourth-order valence-electron chi connectivity index (χ4n) is 5.36. The molecule has 2 saturated heterocycles. The molecular formula is C31H33ClN6O6. The molecule has 44 heavy (non-hydrogen) atoms. The number of rotatable bonds is 9. The van der Waals surface area contributed by atoms with Gasteiger partial charge in [-0.15, -0.1) is 0 Å². The van der Waals surface area contributed by atoms with Crippen LogP contribution in [-0.2, 0) is 14.3 Å². The summed E-state index contributed by atoms with van der Waals surface area (Å²) in [4.78, 5) is 63.1. The SMILES string of the molecule is O=C(O)CC(NC(=O)c1ccc(N2CCCN(C(=O)C3CCCO3)CC2)c(NC(=O)c2ccc(Cl)nc2)c1)c1cccnc1. The number of amides is 3. The number of pyridine rings is 2. The number of nitrogens with zero attached hydrogens (tertiary/aromatic N) is 4. The first-order valence-electron chi connectivity index (χ1n) is 14.4. The second-order valence-corrected chi connectivity index (χ2v) is 11.0. The van der Waals surface area contributed by atoms with E-state index in [1.165, 1.54) is 18.5 Å². The maximum Gasteiger partial charge on any atom is 0.305 e. The summed E-state index contributed by atoms with van der Waals surface area (Å²) in [5.74, 6) is -2.03. The van der Waals surface area contributed by atoms with E-state index in [1.807, 2.05) is 4.90 Å². The van der Waals surface area contributed by atoms with Gasteiger partial charge in [0.15, 0.2) is 0 Å². The average molecular weight is 621 g/mol. The molecule has 4 heterocycles. The van der Waals surface area contributed by atoms with Gasteiger partial charge in [0.1, 0.15) is 11.3 Å². The minimum absolute atomic E-state index is 0.00432. The number of hydrogen-bond acceptors (Lipinski definition) is 8. The third kappa shape index (κ3) is 7.69. The van der Waals surface area contributed by atoms with Crippen LogP contribution in [0.15, 0.2) is 61.1 Å². The van der Waals surface area contributed by atoms with Crippen LogP contribution < -0.4 is 15.5 Å². The molecule has 2 fully saturated rings. The van der Waals surface area contributed by atoms with Crippen molar-refractivity contribution in [1.82, 2.24) is 20.2 Å². The van der Waals surface area contributed by atoms with Crippen molar-refractivity contribution in [2.75, 3.05) is 43.0 Å². The second kappa shape index (κ2) is 14.3. The standard InChI is InChI=1S/C31H33ClN6O6/c32-27-9-7-22(19-34-27)30(42)36-24-16-20(29(41)35-23(17-28(39)40)21-4-1-10-33-18-21)6-8-25(24)37-11-3-12-38(14-13-37)31(43)26-5-2-15-44-26/h1,4,6-10,16,18-19,23,26H,2-3,5,11-15,17H2,(H,35,41)(H,36,42)(H,39,40). The first kappa shape index (κ1) is 30.9. The Morgan fingerprint density at radius 1 is 1.00 bits per heavy atom. The Labute approximate surface area is 259 Å². The first-order valence-corrected chi connectivity index (χ1v) is 14.8. The maximum atomic E-state index is 13.4. The molecule has 0 saturated carbocycles. The van der Waals surface area contributed by atoms with E-state index in [-0.39, 0.29) is 34.7 Å². The number of anilines is 2. The van der Waals surface area contributed by atoms with Crippen LogP contribution in [0, 0.1) is 0 Å². The van der Waals surface area contributed by atoms with E-state index in [1.54, 1.807) is 42.6 Å². The van der Waals surface area contributed by atoms with Crippen molar-refractivity contribution in [1.29, 1.82) is 0 Å². The lowest BCUT2D eigenvalue weighted by atomic mass is 10.0. The van der Waals surface area contributed by atoms with E-state index in [2.05, 4.69) is 25.5 Å². The molecule has 1 aromatic carbocycles. The zero-order valence-electron chi connectivity index (χ0n) is 23.9. The van der Waals surface area contributed by atoms with Gasteiger partial charge < -0.3 is 30.3 Å². The van der Waals surface area contributed by atoms with Gasteiger partial charge in [0, 0.05) is 56.9 Å². The van der Waals surface area contributed by atoms with E-state index in [0.717, 1.165) is 12.8 Å². The van der Waals surface area contributed by atoms with Gasteiger partial charge in [-0.1, -0.05) is 17.7 Å². The van der Waals surface area contributed by atoms with Crippen LogP contribution in [0.1, 0.15) is 58.0 Å². The van der Waals surface area contributed by atoms with Gasteiger partial charge in [-0.25, -0.2) is 4.98 Å². The highest BCUT2D eigenvalue weighted by Crippen LogP contribution is 2.30. The summed E-state index contributed by atoms with van der Waals surface area (Å²) in [6, 6.07) is 10.5. The van der Waals surface area contributed by atoms with Crippen LogP contribution in [0.5, 0.6) is 0 Å². The number of carbonyl (C=O) groups excluding carboxylic acids is 3. The molecule has 3 N–H and O–H groups in total. The van der Waals surface area contributed by atoms with Crippen LogP contribution in [0.25, 0.3) is 0 Å². The van der Waals surface area contributed by atoms with Gasteiger partial charge >= 0.3 is 5.97 Å². The third-order valence-corrected chi connectivity index (χ3v) is 7.84. The predicted octanol–water partition coefficient (Wildman–Crippen LogP) is 3.55. The fourth-order valence-corrected chi connectivity index (χ4v) is 5.47. The van der Waals surface area contributed by atoms with E-state index in [0.29, 0.717) is 56.1 Å². The van der Waals surface area contributed by atoms with Crippen molar-refractivity contribution in [2.24, 2.45) is 0 Å². The van der Waals surface area contributed by atoms with Gasteiger partial charge in [-0.2, -0.15) is 0 Å². The molecule has 0 aliphatic carbocycles. The Kier molecular flexibility index (Phi) is 10.0. The minimum atomic E-state index is -1.08. The normalized spacial score (nSPS) is 17.4. The van der Waals surface area contributed by atoms with Gasteiger partial charge in [0.05, 0.1) is 29.4 Å². The number of benzene rings is 1. The van der Waals surface area contributed by atoms with E-state index < -0.39 is 23.8 Å². The molecule has 2 atom stereocenters. The topological polar surface area (TPSA) is 154 Å². The average Bonchev–Trinajstić information content (AvgIpc) is 3.46. The number of carboxylic acid groups (broad SMARTS) is 1. The summed E-state index contributed by atoms with van der Waals surface area (Å²) in [6.45, 7) is 2.80. The molecule has 2 aliphatic rings. The number of carboxylic acids is 1. The Morgan fingerprint density at radius 2 is 1.84 bits per heavy atom. The maximum absolute atomic E-state index is 13.4. The predicted molar refractivity (Wildman–Crippen MR) is 163 cm³/mol. The van der Waals surface area contributed by atoms with Crippen LogP contribution in [0.4, 0.5) is 11.4 Å². The fraction of sp³-hybridized carbons (Fsp3) is 0.355. The Morgan fingerprint density at radius 3 is 2.55 bits per heavy atom. The Hall–Kier alpha value is -4.55. The molecule has 3 aromatic rings. The zero-order valence-corrected chi connectivity index (χ0v) is 24.7. The summed E-state index contributed by atoms with van der Waals surface area (Å²) >= 11 is 5.90. The van der Waals surface area contributed by atoms with Gasteiger partial charge in [0.25, 0.3) is 17.7 Å². The van der Waals surface area contributed by atoms with Gasteiger partial charge in [-0.05, 0) is 61.2 Å². The number of carbonyl (C=O) groups is 4. The summed E-state index contributed by atoms with van der Waals surface area (Å²) in [5, 5.41) is 15.4. The number of nitrogens with one attached hydrogen (secondary N) is 2. The second-order valence-electron chi connectivity index (χ2n) is 10.6. The molecule has 5 rings (SSSR count). The molecule has 2 aromatic heterocycles. The summed E-state index contributed by atoms with van der Waals surface area (Å²) in [6.07, 6.45) is 6.02. The number of aliphatic carboxylic acids is 1. The quantitative estimate of drug-likeness (QED) is 0.305. The molecule has 230 valence electrons. The van der Waals surface area contributed by atoms with Crippen molar-refractivity contribution < 1.29 is 29.0 Å². The molecule has 0 bridgehead atoms. The number of hydrogen-bond donors (Lipinski definition) is 3. The van der Waals surface area contributed by atoms with E-state index in [9.17, 15) is 24.3 Å². The number of halogens is 1. The Balaban J connectivity index is 1.40. The molecular weight excluding hydrogens is 588 g/mol. The minimum Gasteiger partial charge on any atom is -0.481 e. The lowest BCUT2D eigenvalue weighted by molar-refractivity contribution is -0.140. The number of ether oxygens (including phenoxy) is 1. The number of aromatic nitrogens is 2. The van der Waals surface area contributed by atoms with Crippen molar-refractivity contribution >= 4 is 46.7 Å². The first-order chi connectivity index (χ1) is 21.3. The summed E-state index contributed by atoms with van der Waals surface area (Å²) in [7, 11) is 0. The summed E-state index contributed by atoms with van der Waals surface area (Å²) in [5.41, 5.74) is 2.11. The molecule has 0 radical (unpaired) electrons. The smallest absolute Gasteiger partial charge is 0.305 e. The third-order valence-electron chi connectivity index (χ3n) is 7.62. The lowest BCUT2D eigenvalue weighted by Gasteiger charge is -2.27. The van der Waals surface area contributed by atoms with Crippen LogP contribution in [0.2, 0.25) is 5.15 Å². The molecule has 2 unspecified atom stereocenters. The molecule has 0 spiro atoms. The molecule has 13 heteroatoms. The highest BCUT2D eigenvalue weighted by molar-refractivity contribution is 6.29. The highest BCUT2D eigenvalue weighted by atomic mass is 35.5. The summed E-state index contributed by atoms with van der Waals surface area (Å²) < 4.78 is 5.61. The zero-order chi connectivity index (χ0) is 31.1. The molecule has 3 amide bonds. The molecule has 2 aliphatic heterocycles. The van der Waals surface area contributed by atoms with Crippen molar-refractivity contribution in [3.63, 3.8) is 0 Å². The van der Waals surface area contributed by atoms with Crippen molar-refractivity contribution in [3.05, 3.63) is 82.9 Å². The van der Waals surface area contributed by atoms with Crippen LogP contribution >= 0.6 is 11.6 Å². The Bertz CT molecular complexity index is 1500. The van der Waals surface area contributed by atoms with Gasteiger partial charge in [0.2, 0.25) is 0 Å². The highest BCUT2D eigenvalue weighted by Gasteiger charge is 2.30. The van der Waals surface area contributed by atoms with Gasteiger partial charge in [-0.3, -0.25) is 24.2 Å².